The molecule has 0 amide bonds. The Labute approximate surface area is 270 Å². The van der Waals surface area contributed by atoms with E-state index in [1.165, 1.54) is 0 Å². The fourth-order valence-electron chi connectivity index (χ4n) is 5.97. The first-order chi connectivity index (χ1) is 27.6. The van der Waals surface area contributed by atoms with Crippen LogP contribution in [0.15, 0.2) is 162 Å². The maximum absolute atomic E-state index is 9.45. The van der Waals surface area contributed by atoms with Gasteiger partial charge in [-0.15, -0.1) is 0 Å². The molecule has 1 heteroatoms. The van der Waals surface area contributed by atoms with Crippen molar-refractivity contribution in [2.75, 3.05) is 0 Å². The van der Waals surface area contributed by atoms with Crippen LogP contribution in [0.25, 0.3) is 87.6 Å². The van der Waals surface area contributed by atoms with Crippen molar-refractivity contribution in [1.29, 1.82) is 0 Å². The average molecular weight is 562 g/mol. The SMILES string of the molecule is [2H]c1c([2H])c([2H])c2c(-c3c4c([2H])c([2H])c([2H])c([2H])c4c(-c4cc(-c5ccccc5)c5oc6ccccc6c5c4)c4c([2H])c([2H])c([2H])c([2H])c34)c([2H])c([2H])c([2H])c2c1[2H]. The largest absolute Gasteiger partial charge is 0.455 e. The monoisotopic (exact) mass is 561 g/mol. The Morgan fingerprint density at radius 2 is 1.02 bits per heavy atom. The maximum Gasteiger partial charge on any atom is 0.143 e. The third kappa shape index (κ3) is 3.65. The average Bonchev–Trinajstić information content (AvgIpc) is 3.61. The number of fused-ring (bicyclic) bond motifs is 6. The molecule has 0 saturated carbocycles. The molecule has 0 radical (unpaired) electrons. The lowest BCUT2D eigenvalue weighted by atomic mass is 9.84. The first-order valence-electron chi connectivity index (χ1n) is 21.1. The van der Waals surface area contributed by atoms with E-state index in [1.807, 2.05) is 48.5 Å². The van der Waals surface area contributed by atoms with Crippen molar-refractivity contribution in [1.82, 2.24) is 0 Å². The first-order valence-corrected chi connectivity index (χ1v) is 13.6. The molecule has 43 heavy (non-hydrogen) atoms. The van der Waals surface area contributed by atoms with Gasteiger partial charge in [0, 0.05) is 16.3 Å². The van der Waals surface area contributed by atoms with Crippen LogP contribution in [0, 0.1) is 0 Å². The highest BCUT2D eigenvalue weighted by atomic mass is 16.3. The predicted molar refractivity (Wildman–Crippen MR) is 183 cm³/mol. The zero-order valence-electron chi connectivity index (χ0n) is 37.3. The van der Waals surface area contributed by atoms with E-state index in [-0.39, 0.29) is 32.7 Å². The number of rotatable bonds is 3. The van der Waals surface area contributed by atoms with Crippen LogP contribution in [0.1, 0.15) is 20.6 Å². The molecule has 200 valence electrons. The van der Waals surface area contributed by atoms with Crippen LogP contribution in [0.3, 0.4) is 0 Å². The molecule has 9 aromatic rings. The predicted octanol–water partition coefficient (Wildman–Crippen LogP) is 12.0. The lowest BCUT2D eigenvalue weighted by Crippen LogP contribution is -1.92. The normalized spacial score (nSPS) is 16.6. The van der Waals surface area contributed by atoms with E-state index in [2.05, 4.69) is 0 Å². The topological polar surface area (TPSA) is 13.1 Å². The molecule has 0 aliphatic carbocycles. The number of para-hydroxylation sites is 1. The highest BCUT2D eigenvalue weighted by Gasteiger charge is 2.20. The highest BCUT2D eigenvalue weighted by molar-refractivity contribution is 6.24. The molecule has 0 N–H and O–H groups in total. The van der Waals surface area contributed by atoms with Gasteiger partial charge < -0.3 is 4.42 Å². The third-order valence-corrected chi connectivity index (χ3v) is 7.79. The van der Waals surface area contributed by atoms with Gasteiger partial charge in [0.2, 0.25) is 0 Å². The first kappa shape index (κ1) is 13.5. The molecule has 8 aromatic carbocycles. The van der Waals surface area contributed by atoms with Crippen LogP contribution in [-0.2, 0) is 0 Å². The van der Waals surface area contributed by atoms with Gasteiger partial charge in [-0.05, 0) is 78.3 Å². The Balaban J connectivity index is 1.63. The summed E-state index contributed by atoms with van der Waals surface area (Å²) in [5.74, 6) is 0. The van der Waals surface area contributed by atoms with E-state index in [1.54, 1.807) is 18.2 Å². The molecule has 9 rings (SSSR count). The summed E-state index contributed by atoms with van der Waals surface area (Å²) in [6, 6.07) is 9.77. The summed E-state index contributed by atoms with van der Waals surface area (Å²) in [4.78, 5) is 0. The molecular weight excluding hydrogens is 520 g/mol. The van der Waals surface area contributed by atoms with Gasteiger partial charge >= 0.3 is 0 Å². The lowest BCUT2D eigenvalue weighted by molar-refractivity contribution is 0.670. The van der Waals surface area contributed by atoms with Crippen LogP contribution in [0.4, 0.5) is 0 Å². The van der Waals surface area contributed by atoms with Crippen molar-refractivity contribution >= 4 is 54.3 Å². The van der Waals surface area contributed by atoms with Crippen LogP contribution in [-0.4, -0.2) is 0 Å². The molecule has 0 unspecified atom stereocenters. The van der Waals surface area contributed by atoms with E-state index in [0.717, 1.165) is 5.56 Å². The van der Waals surface area contributed by atoms with E-state index in [9.17, 15) is 6.85 Å². The smallest absolute Gasteiger partial charge is 0.143 e. The van der Waals surface area contributed by atoms with Gasteiger partial charge in [0.15, 0.2) is 0 Å². The van der Waals surface area contributed by atoms with Gasteiger partial charge in [0.1, 0.15) is 11.2 Å². The van der Waals surface area contributed by atoms with E-state index in [4.69, 9.17) is 18.1 Å². The molecule has 1 aromatic heterocycles. The van der Waals surface area contributed by atoms with Crippen molar-refractivity contribution in [3.05, 3.63) is 157 Å². The molecule has 1 nitrogen and oxygen atoms in total. The summed E-state index contributed by atoms with van der Waals surface area (Å²) in [6.45, 7) is 0. The van der Waals surface area contributed by atoms with Crippen molar-refractivity contribution < 1.29 is 25.0 Å². The second-order valence-corrected chi connectivity index (χ2v) is 10.1. The Morgan fingerprint density at radius 1 is 0.419 bits per heavy atom. The Kier molecular flexibility index (Phi) is 2.97. The zero-order valence-corrected chi connectivity index (χ0v) is 22.3. The second-order valence-electron chi connectivity index (χ2n) is 10.1. The Bertz CT molecular complexity index is 3250. The van der Waals surface area contributed by atoms with Gasteiger partial charge in [0.05, 0.1) is 20.6 Å². The number of hydrogen-bond donors (Lipinski definition) is 0. The Hall–Kier alpha value is -5.66. The minimum atomic E-state index is -0.760. The molecule has 0 spiro atoms. The standard InChI is InChI=1S/C42H26O/c1-2-13-28(14-3-1)37-25-29(26-38-31-18-10-11-24-39(31)43-42(37)38)40-33-19-6-8-21-35(33)41(36-22-9-7-20-34(36)40)32-23-12-16-27-15-4-5-17-30(27)32/h1-26H/i4D,5D,6D,7D,8D,9D,12D,15D,16D,17D,19D,20D,21D,22D,23D. The summed E-state index contributed by atoms with van der Waals surface area (Å²) in [7, 11) is 0. The zero-order chi connectivity index (χ0) is 41.4. The van der Waals surface area contributed by atoms with Crippen molar-refractivity contribution in [2.45, 2.75) is 0 Å². The van der Waals surface area contributed by atoms with Crippen LogP contribution < -0.4 is 0 Å². The summed E-state index contributed by atoms with van der Waals surface area (Å²) >= 11 is 0. The van der Waals surface area contributed by atoms with Crippen LogP contribution in [0.5, 0.6) is 0 Å². The van der Waals surface area contributed by atoms with Crippen molar-refractivity contribution in [2.24, 2.45) is 0 Å². The minimum Gasteiger partial charge on any atom is -0.455 e. The van der Waals surface area contributed by atoms with Gasteiger partial charge in [-0.2, -0.15) is 0 Å². The molecule has 0 aliphatic rings. The van der Waals surface area contributed by atoms with Crippen molar-refractivity contribution in [3.8, 4) is 33.4 Å². The van der Waals surface area contributed by atoms with Crippen LogP contribution >= 0.6 is 0 Å². The minimum absolute atomic E-state index is 0.0121. The highest BCUT2D eigenvalue weighted by Crippen LogP contribution is 2.47. The molecule has 0 saturated heterocycles. The van der Waals surface area contributed by atoms with E-state index in [0.29, 0.717) is 33.1 Å². The molecule has 0 fully saturated rings. The van der Waals surface area contributed by atoms with Gasteiger partial charge in [-0.1, -0.05) is 139 Å². The lowest BCUT2D eigenvalue weighted by Gasteiger charge is -2.19. The van der Waals surface area contributed by atoms with Crippen LogP contribution in [0.2, 0.25) is 0 Å². The van der Waals surface area contributed by atoms with Crippen molar-refractivity contribution in [3.63, 3.8) is 0 Å². The quantitative estimate of drug-likeness (QED) is 0.196. The summed E-state index contributed by atoms with van der Waals surface area (Å²) in [5, 5.41) is -0.529. The second kappa shape index (κ2) is 9.44. The molecule has 1 heterocycles. The van der Waals surface area contributed by atoms with E-state index < -0.39 is 107 Å². The van der Waals surface area contributed by atoms with Gasteiger partial charge in [-0.25, -0.2) is 0 Å². The summed E-state index contributed by atoms with van der Waals surface area (Å²) in [5.41, 5.74) is 1.87. The van der Waals surface area contributed by atoms with E-state index >= 15 is 0 Å². The number of benzene rings is 8. The Morgan fingerprint density at radius 3 is 1.77 bits per heavy atom. The fourth-order valence-corrected chi connectivity index (χ4v) is 5.97. The van der Waals surface area contributed by atoms with Gasteiger partial charge in [0.25, 0.3) is 0 Å². The molecule has 0 bridgehead atoms. The number of hydrogen-bond acceptors (Lipinski definition) is 1. The maximum atomic E-state index is 9.45. The number of furan rings is 1. The molecule has 0 aliphatic heterocycles. The summed E-state index contributed by atoms with van der Waals surface area (Å²) < 4.78 is 141. The molecule has 0 atom stereocenters. The van der Waals surface area contributed by atoms with Gasteiger partial charge in [-0.3, -0.25) is 0 Å². The third-order valence-electron chi connectivity index (χ3n) is 7.79. The fraction of sp³-hybridized carbons (Fsp3) is 0. The molecular formula is C42H26O. The summed E-state index contributed by atoms with van der Waals surface area (Å²) in [6.07, 6.45) is 0.